The highest BCUT2D eigenvalue weighted by molar-refractivity contribution is 5.92. The van der Waals surface area contributed by atoms with Gasteiger partial charge in [0.2, 0.25) is 0 Å². The summed E-state index contributed by atoms with van der Waals surface area (Å²) in [7, 11) is 0. The second-order valence-electron chi connectivity index (χ2n) is 6.15. The van der Waals surface area contributed by atoms with Crippen LogP contribution in [0.25, 0.3) is 0 Å². The molecule has 0 saturated carbocycles. The lowest BCUT2D eigenvalue weighted by Gasteiger charge is -2.18. The Balaban J connectivity index is 1.36. The molecule has 7 heteroatoms. The van der Waals surface area contributed by atoms with Crippen molar-refractivity contribution in [1.82, 2.24) is 20.0 Å². The fourth-order valence-electron chi connectivity index (χ4n) is 2.92. The van der Waals surface area contributed by atoms with Crippen LogP contribution in [-0.2, 0) is 13.0 Å². The van der Waals surface area contributed by atoms with Crippen molar-refractivity contribution >= 4 is 17.3 Å². The number of nitrogens with zero attached hydrogens (tertiary/aromatic N) is 3. The molecule has 0 fully saturated rings. The van der Waals surface area contributed by atoms with Crippen LogP contribution >= 0.6 is 0 Å². The Morgan fingerprint density at radius 2 is 1.88 bits per heavy atom. The molecule has 3 heterocycles. The van der Waals surface area contributed by atoms with Gasteiger partial charge in [0, 0.05) is 43.3 Å². The highest BCUT2D eigenvalue weighted by atomic mass is 16.2. The summed E-state index contributed by atoms with van der Waals surface area (Å²) in [6.07, 6.45) is 7.06. The smallest absolute Gasteiger partial charge is 0.271 e. The van der Waals surface area contributed by atoms with E-state index >= 15 is 0 Å². The van der Waals surface area contributed by atoms with Crippen LogP contribution in [0.15, 0.2) is 55.0 Å². The van der Waals surface area contributed by atoms with Crippen LogP contribution in [0.1, 0.15) is 28.3 Å². The van der Waals surface area contributed by atoms with Crippen LogP contribution in [0.3, 0.4) is 0 Å². The maximum absolute atomic E-state index is 12.4. The number of aryl methyl sites for hydroxylation is 1. The molecule has 0 saturated heterocycles. The van der Waals surface area contributed by atoms with Crippen LogP contribution in [0, 0.1) is 0 Å². The Morgan fingerprint density at radius 3 is 2.69 bits per heavy atom. The van der Waals surface area contributed by atoms with Gasteiger partial charge in [0.15, 0.2) is 0 Å². The van der Waals surface area contributed by atoms with Crippen molar-refractivity contribution in [2.45, 2.75) is 19.4 Å². The number of amides is 1. The second kappa shape index (κ2) is 7.26. The van der Waals surface area contributed by atoms with Gasteiger partial charge in [-0.1, -0.05) is 12.1 Å². The molecule has 0 radical (unpaired) electrons. The van der Waals surface area contributed by atoms with Gasteiger partial charge in [0.05, 0.1) is 6.20 Å². The van der Waals surface area contributed by atoms with Crippen LogP contribution in [0.5, 0.6) is 0 Å². The first-order chi connectivity index (χ1) is 12.8. The third-order valence-corrected chi connectivity index (χ3v) is 4.29. The van der Waals surface area contributed by atoms with Crippen molar-refractivity contribution in [2.24, 2.45) is 0 Å². The molecule has 132 valence electrons. The zero-order valence-corrected chi connectivity index (χ0v) is 14.3. The second-order valence-corrected chi connectivity index (χ2v) is 6.15. The number of carbonyl (C=O) groups is 1. The van der Waals surface area contributed by atoms with Crippen molar-refractivity contribution in [2.75, 3.05) is 17.3 Å². The third-order valence-electron chi connectivity index (χ3n) is 4.29. The van der Waals surface area contributed by atoms with Crippen molar-refractivity contribution in [1.29, 1.82) is 0 Å². The molecule has 1 aliphatic rings. The molecule has 4 rings (SSSR count). The molecule has 0 unspecified atom stereocenters. The Labute approximate surface area is 151 Å². The molecule has 1 aromatic carbocycles. The lowest BCUT2D eigenvalue weighted by molar-refractivity contribution is 0.0942. The summed E-state index contributed by atoms with van der Waals surface area (Å²) in [4.78, 5) is 20.7. The largest absolute Gasteiger partial charge is 0.355 e. The Morgan fingerprint density at radius 1 is 1.12 bits per heavy atom. The summed E-state index contributed by atoms with van der Waals surface area (Å²) in [6.45, 7) is 1.32. The van der Waals surface area contributed by atoms with E-state index in [-0.39, 0.29) is 5.91 Å². The first-order valence-electron chi connectivity index (χ1n) is 8.64. The van der Waals surface area contributed by atoms with E-state index in [9.17, 15) is 4.79 Å². The number of hydrogen-bond donors (Lipinski definition) is 3. The van der Waals surface area contributed by atoms with E-state index in [0.29, 0.717) is 12.2 Å². The van der Waals surface area contributed by atoms with E-state index in [1.165, 1.54) is 0 Å². The number of rotatable bonds is 5. The van der Waals surface area contributed by atoms with E-state index in [1.54, 1.807) is 23.3 Å². The Hall–Kier alpha value is -3.35. The molecule has 0 aliphatic carbocycles. The molecule has 1 amide bonds. The van der Waals surface area contributed by atoms with Crippen LogP contribution in [0.2, 0.25) is 0 Å². The number of imidazole rings is 1. The van der Waals surface area contributed by atoms with Gasteiger partial charge >= 0.3 is 0 Å². The Kier molecular flexibility index (Phi) is 4.51. The molecule has 0 bridgehead atoms. The number of pyridine rings is 1. The van der Waals surface area contributed by atoms with Gasteiger partial charge in [-0.2, -0.15) is 0 Å². The average molecular weight is 348 g/mol. The SMILES string of the molecule is O=C(NCc1ccc(Nc2ccncc2)cc1)c1cnc2n1NCCC2. The fourth-order valence-corrected chi connectivity index (χ4v) is 2.92. The number of anilines is 2. The van der Waals surface area contributed by atoms with Gasteiger partial charge in [-0.05, 0) is 36.2 Å². The molecule has 1 aliphatic heterocycles. The first-order valence-corrected chi connectivity index (χ1v) is 8.64. The topological polar surface area (TPSA) is 83.9 Å². The van der Waals surface area contributed by atoms with Crippen molar-refractivity contribution < 1.29 is 4.79 Å². The molecule has 3 N–H and O–H groups in total. The van der Waals surface area contributed by atoms with E-state index in [4.69, 9.17) is 0 Å². The van der Waals surface area contributed by atoms with Crippen LogP contribution in [0.4, 0.5) is 11.4 Å². The maximum Gasteiger partial charge on any atom is 0.271 e. The van der Waals surface area contributed by atoms with Gasteiger partial charge in [0.1, 0.15) is 11.5 Å². The molecular formula is C19H20N6O. The minimum atomic E-state index is -0.128. The monoisotopic (exact) mass is 348 g/mol. The summed E-state index contributed by atoms with van der Waals surface area (Å²) in [5, 5.41) is 6.26. The van der Waals surface area contributed by atoms with Gasteiger partial charge in [0.25, 0.3) is 5.91 Å². The third kappa shape index (κ3) is 3.51. The minimum absolute atomic E-state index is 0.128. The predicted molar refractivity (Wildman–Crippen MR) is 99.9 cm³/mol. The normalized spacial score (nSPS) is 12.8. The molecule has 26 heavy (non-hydrogen) atoms. The van der Waals surface area contributed by atoms with Gasteiger partial charge < -0.3 is 16.1 Å². The number of aromatic nitrogens is 3. The zero-order chi connectivity index (χ0) is 17.8. The van der Waals surface area contributed by atoms with Crippen molar-refractivity contribution in [3.8, 4) is 0 Å². The lowest BCUT2D eigenvalue weighted by Crippen LogP contribution is -2.32. The number of benzene rings is 1. The quantitative estimate of drug-likeness (QED) is 0.660. The van der Waals surface area contributed by atoms with Crippen molar-refractivity contribution in [3.63, 3.8) is 0 Å². The first kappa shape index (κ1) is 16.1. The van der Waals surface area contributed by atoms with Crippen molar-refractivity contribution in [3.05, 3.63) is 72.1 Å². The molecular weight excluding hydrogens is 328 g/mol. The van der Waals surface area contributed by atoms with E-state index in [2.05, 4.69) is 26.0 Å². The minimum Gasteiger partial charge on any atom is -0.355 e. The van der Waals surface area contributed by atoms with E-state index in [1.807, 2.05) is 36.4 Å². The number of hydrogen-bond acceptors (Lipinski definition) is 5. The van der Waals surface area contributed by atoms with Crippen LogP contribution in [-0.4, -0.2) is 27.1 Å². The Bertz CT molecular complexity index is 888. The zero-order valence-electron chi connectivity index (χ0n) is 14.3. The van der Waals surface area contributed by atoms with Gasteiger partial charge in [-0.3, -0.25) is 9.78 Å². The number of fused-ring (bicyclic) bond motifs is 1. The standard InChI is InChI=1S/C19H20N6O/c26-19(17-13-21-18-2-1-9-23-25(17)18)22-12-14-3-5-15(6-4-14)24-16-7-10-20-11-8-16/h3-8,10-11,13,23H,1-2,9,12H2,(H,20,24)(H,22,26). The highest BCUT2D eigenvalue weighted by Gasteiger charge is 2.18. The summed E-state index contributed by atoms with van der Waals surface area (Å²) in [5.41, 5.74) is 6.76. The van der Waals surface area contributed by atoms with E-state index < -0.39 is 0 Å². The number of carbonyl (C=O) groups excluding carboxylic acids is 1. The number of nitrogens with one attached hydrogen (secondary N) is 3. The lowest BCUT2D eigenvalue weighted by atomic mass is 10.2. The summed E-state index contributed by atoms with van der Waals surface area (Å²) >= 11 is 0. The highest BCUT2D eigenvalue weighted by Crippen LogP contribution is 2.16. The molecule has 0 spiro atoms. The van der Waals surface area contributed by atoms with E-state index in [0.717, 1.165) is 42.1 Å². The van der Waals surface area contributed by atoms with Gasteiger partial charge in [-0.15, -0.1) is 0 Å². The maximum atomic E-state index is 12.4. The fraction of sp³-hybridized carbons (Fsp3) is 0.211. The molecule has 0 atom stereocenters. The summed E-state index contributed by atoms with van der Waals surface area (Å²) in [6, 6.07) is 11.8. The molecule has 2 aromatic heterocycles. The average Bonchev–Trinajstić information content (AvgIpc) is 3.12. The predicted octanol–water partition coefficient (Wildman–Crippen LogP) is 2.44. The molecule has 7 nitrogen and oxygen atoms in total. The summed E-state index contributed by atoms with van der Waals surface area (Å²) < 4.78 is 1.79. The van der Waals surface area contributed by atoms with Gasteiger partial charge in [-0.25, -0.2) is 9.66 Å². The van der Waals surface area contributed by atoms with Crippen LogP contribution < -0.4 is 16.1 Å². The summed E-state index contributed by atoms with van der Waals surface area (Å²) in [5.74, 6) is 0.782. The molecule has 3 aromatic rings.